The first-order chi connectivity index (χ1) is 17.5. The Morgan fingerprint density at radius 1 is 0.973 bits per heavy atom. The van der Waals surface area contributed by atoms with E-state index in [4.69, 9.17) is 0 Å². The Morgan fingerprint density at radius 3 is 2.27 bits per heavy atom. The second-order valence-electron chi connectivity index (χ2n) is 13.2. The van der Waals surface area contributed by atoms with Gasteiger partial charge in [-0.3, -0.25) is 0 Å². The van der Waals surface area contributed by atoms with Crippen LogP contribution in [0.4, 0.5) is 9.59 Å². The maximum atomic E-state index is 10.2. The minimum Gasteiger partial charge on any atom is -0.437 e. The lowest BCUT2D eigenvalue weighted by Gasteiger charge is -2.58. The molecule has 0 aromatic heterocycles. The van der Waals surface area contributed by atoms with E-state index in [1.54, 1.807) is 5.57 Å². The van der Waals surface area contributed by atoms with Crippen molar-refractivity contribution in [3.05, 3.63) is 11.6 Å². The number of rotatable bonds is 5. The van der Waals surface area contributed by atoms with Gasteiger partial charge in [0.05, 0.1) is 20.3 Å². The van der Waals surface area contributed by atoms with Gasteiger partial charge in [0, 0.05) is 0 Å². The van der Waals surface area contributed by atoms with E-state index in [1.165, 1.54) is 57.8 Å². The Kier molecular flexibility index (Phi) is 10.2. The van der Waals surface area contributed by atoms with Gasteiger partial charge in [-0.25, -0.2) is 9.59 Å². The molecule has 3 fully saturated rings. The van der Waals surface area contributed by atoms with Crippen LogP contribution in [0.5, 0.6) is 0 Å². The number of aliphatic hydroxyl groups is 1. The van der Waals surface area contributed by atoms with Gasteiger partial charge >= 0.3 is 12.3 Å². The highest BCUT2D eigenvalue weighted by atomic mass is 16.8. The summed E-state index contributed by atoms with van der Waals surface area (Å²) < 4.78 is 11.7. The van der Waals surface area contributed by atoms with E-state index in [0.717, 1.165) is 62.6 Å². The van der Waals surface area contributed by atoms with Crippen LogP contribution < -0.4 is 0 Å². The lowest BCUT2D eigenvalue weighted by atomic mass is 9.47. The molecule has 4 aliphatic rings. The predicted octanol–water partition coefficient (Wildman–Crippen LogP) is 7.92. The maximum absolute atomic E-state index is 10.2. The highest BCUT2D eigenvalue weighted by Gasteiger charge is 2.59. The van der Waals surface area contributed by atoms with Crippen LogP contribution in [0.25, 0.3) is 0 Å². The van der Waals surface area contributed by atoms with E-state index >= 15 is 0 Å². The summed E-state index contributed by atoms with van der Waals surface area (Å²) in [6.07, 6.45) is 15.0. The molecule has 0 unspecified atom stereocenters. The molecule has 4 rings (SSSR count). The second kappa shape index (κ2) is 12.5. The third kappa shape index (κ3) is 6.54. The second-order valence-corrected chi connectivity index (χ2v) is 13.2. The fraction of sp³-hybridized carbons (Fsp3) is 0.871. The van der Waals surface area contributed by atoms with Crippen LogP contribution in [-0.2, 0) is 14.2 Å². The molecule has 0 amide bonds. The van der Waals surface area contributed by atoms with Gasteiger partial charge in [-0.1, -0.05) is 65.5 Å². The van der Waals surface area contributed by atoms with Crippen molar-refractivity contribution in [1.29, 1.82) is 0 Å². The number of carbonyl (C=O) groups excluding carboxylic acids is 2. The Labute approximate surface area is 224 Å². The van der Waals surface area contributed by atoms with E-state index in [0.29, 0.717) is 10.8 Å². The minimum atomic E-state index is -1.08. The van der Waals surface area contributed by atoms with Crippen molar-refractivity contribution in [2.45, 2.75) is 111 Å². The van der Waals surface area contributed by atoms with Crippen LogP contribution in [0, 0.1) is 46.3 Å². The maximum Gasteiger partial charge on any atom is 0.518 e. The van der Waals surface area contributed by atoms with Crippen LogP contribution >= 0.6 is 0 Å². The number of hydrogen-bond donors (Lipinski definition) is 1. The number of ether oxygens (including phenoxy) is 3. The fourth-order valence-electron chi connectivity index (χ4n) is 8.82. The molecule has 3 saturated carbocycles. The molecule has 6 nitrogen and oxygen atoms in total. The van der Waals surface area contributed by atoms with Crippen molar-refractivity contribution < 1.29 is 28.9 Å². The van der Waals surface area contributed by atoms with E-state index in [-0.39, 0.29) is 6.10 Å². The minimum absolute atomic E-state index is 0.0766. The number of methoxy groups -OCH3 is 2. The van der Waals surface area contributed by atoms with Crippen molar-refractivity contribution in [2.24, 2.45) is 46.3 Å². The normalized spacial score (nSPS) is 37.1. The molecule has 0 spiro atoms. The summed E-state index contributed by atoms with van der Waals surface area (Å²) in [6, 6.07) is 0. The van der Waals surface area contributed by atoms with Gasteiger partial charge in [0.25, 0.3) is 0 Å². The largest absolute Gasteiger partial charge is 0.518 e. The number of allylic oxidation sites excluding steroid dienone is 1. The number of fused-ring (bicyclic) bond motifs is 5. The zero-order valence-electron chi connectivity index (χ0n) is 24.4. The van der Waals surface area contributed by atoms with Gasteiger partial charge in [-0.15, -0.1) is 0 Å². The van der Waals surface area contributed by atoms with Crippen LogP contribution in [0.15, 0.2) is 11.6 Å². The Balaban J connectivity index is 0.000000364. The van der Waals surface area contributed by atoms with E-state index in [9.17, 15) is 14.7 Å². The Hall–Kier alpha value is -1.56. The molecule has 0 bridgehead atoms. The third-order valence-corrected chi connectivity index (χ3v) is 10.8. The van der Waals surface area contributed by atoms with Crippen molar-refractivity contribution in [3.8, 4) is 0 Å². The number of hydrogen-bond acceptors (Lipinski definition) is 6. The van der Waals surface area contributed by atoms with E-state index in [1.807, 2.05) is 0 Å². The monoisotopic (exact) mass is 520 g/mol. The smallest absolute Gasteiger partial charge is 0.437 e. The molecule has 8 atom stereocenters. The molecule has 4 aliphatic carbocycles. The summed E-state index contributed by atoms with van der Waals surface area (Å²) >= 11 is 0. The predicted molar refractivity (Wildman–Crippen MR) is 145 cm³/mol. The summed E-state index contributed by atoms with van der Waals surface area (Å²) in [4.78, 5) is 20.1. The Bertz CT molecular complexity index is 807. The van der Waals surface area contributed by atoms with Crippen molar-refractivity contribution >= 4 is 12.3 Å². The first kappa shape index (κ1) is 30.0. The van der Waals surface area contributed by atoms with Crippen molar-refractivity contribution in [2.75, 3.05) is 14.2 Å². The van der Waals surface area contributed by atoms with Crippen molar-refractivity contribution in [1.82, 2.24) is 0 Å². The topological polar surface area (TPSA) is 82.1 Å². The van der Waals surface area contributed by atoms with E-state index < -0.39 is 12.3 Å². The average molecular weight is 521 g/mol. The zero-order chi connectivity index (χ0) is 27.4. The number of aliphatic hydroxyl groups excluding tert-OH is 1. The van der Waals surface area contributed by atoms with Gasteiger partial charge in [0.2, 0.25) is 0 Å². The molecule has 212 valence electrons. The average Bonchev–Trinajstić information content (AvgIpc) is 3.21. The molecule has 0 aromatic rings. The van der Waals surface area contributed by atoms with Crippen LogP contribution in [0.3, 0.4) is 0 Å². The Morgan fingerprint density at radius 2 is 1.65 bits per heavy atom. The highest BCUT2D eigenvalue weighted by molar-refractivity contribution is 5.76. The third-order valence-electron chi connectivity index (χ3n) is 10.8. The zero-order valence-corrected chi connectivity index (χ0v) is 24.4. The molecule has 0 heterocycles. The SMILES string of the molecule is CC(C)CCC[C@@H](C)[C@H]1CC[C@H]2[C@@H]3CC=C4C[C@@H](O)CC[C@]4(C)[C@H]3CC[C@]12C.COC(=O)OC(=O)OC. The summed E-state index contributed by atoms with van der Waals surface area (Å²) in [5.41, 5.74) is 2.60. The van der Waals surface area contributed by atoms with Gasteiger partial charge in [0.1, 0.15) is 0 Å². The lowest BCUT2D eigenvalue weighted by molar-refractivity contribution is -0.0573. The quantitative estimate of drug-likeness (QED) is 0.225. The summed E-state index contributed by atoms with van der Waals surface area (Å²) in [5, 5.41) is 10.2. The highest BCUT2D eigenvalue weighted by Crippen LogP contribution is 2.67. The fourth-order valence-corrected chi connectivity index (χ4v) is 8.82. The molecular weight excluding hydrogens is 468 g/mol. The van der Waals surface area contributed by atoms with Crippen LogP contribution in [0.2, 0.25) is 0 Å². The number of carbonyl (C=O) groups is 2. The summed E-state index contributed by atoms with van der Waals surface area (Å²) in [5.74, 6) is 5.46. The first-order valence-electron chi connectivity index (χ1n) is 14.7. The molecule has 37 heavy (non-hydrogen) atoms. The molecular formula is C31H52O6. The lowest BCUT2D eigenvalue weighted by Crippen LogP contribution is -2.50. The van der Waals surface area contributed by atoms with Gasteiger partial charge in [-0.05, 0) is 97.7 Å². The molecule has 6 heteroatoms. The first-order valence-corrected chi connectivity index (χ1v) is 14.7. The summed E-state index contributed by atoms with van der Waals surface area (Å²) in [7, 11) is 2.18. The van der Waals surface area contributed by atoms with Gasteiger partial charge in [0.15, 0.2) is 0 Å². The summed E-state index contributed by atoms with van der Waals surface area (Å²) in [6.45, 7) is 12.6. The van der Waals surface area contributed by atoms with Crippen LogP contribution in [0.1, 0.15) is 105 Å². The molecule has 0 aromatic carbocycles. The van der Waals surface area contributed by atoms with Gasteiger partial charge in [-0.2, -0.15) is 0 Å². The molecule has 0 saturated heterocycles. The van der Waals surface area contributed by atoms with Crippen molar-refractivity contribution in [3.63, 3.8) is 0 Å². The van der Waals surface area contributed by atoms with E-state index in [2.05, 4.69) is 54.9 Å². The molecule has 0 aliphatic heterocycles. The molecule has 0 radical (unpaired) electrons. The standard InChI is InChI=1S/C27H46O.C4H6O5/c1-18(2)7-6-8-19(3)23-11-12-24-22-10-9-20-17-21(28)13-15-26(20,4)25(22)14-16-27(23,24)5;1-7-3(5)9-4(6)8-2/h9,18-19,21-25,28H,6-8,10-17H2,1-5H3;1-2H3/t19-,21+,22+,23-,24+,25+,26+,27-;/m1./s1. The molecule has 1 N–H and O–H groups in total. The van der Waals surface area contributed by atoms with Crippen LogP contribution in [-0.4, -0.2) is 37.7 Å². The van der Waals surface area contributed by atoms with Gasteiger partial charge < -0.3 is 19.3 Å².